The third kappa shape index (κ3) is 5.74. The summed E-state index contributed by atoms with van der Waals surface area (Å²) in [5.74, 6) is 0.950. The molecule has 0 radical (unpaired) electrons. The summed E-state index contributed by atoms with van der Waals surface area (Å²) in [4.78, 5) is 0. The van der Waals surface area contributed by atoms with Gasteiger partial charge in [0.25, 0.3) is 0 Å². The highest BCUT2D eigenvalue weighted by Crippen LogP contribution is 2.38. The molecule has 0 atom stereocenters. The quantitative estimate of drug-likeness (QED) is 0.337. The van der Waals surface area contributed by atoms with Crippen molar-refractivity contribution < 1.29 is 9.47 Å². The van der Waals surface area contributed by atoms with Crippen LogP contribution in [-0.4, -0.2) is 29.8 Å². The molecule has 0 aromatic heterocycles. The van der Waals surface area contributed by atoms with E-state index in [4.69, 9.17) is 9.47 Å². The summed E-state index contributed by atoms with van der Waals surface area (Å²) < 4.78 is 12.8. The molecule has 0 aliphatic heterocycles. The largest absolute Gasteiger partial charge is 0.379 e. The maximum Gasteiger partial charge on any atom is 0.0772 e. The van der Waals surface area contributed by atoms with Gasteiger partial charge in [-0.2, -0.15) is 0 Å². The van der Waals surface area contributed by atoms with E-state index in [9.17, 15) is 0 Å². The van der Waals surface area contributed by atoms with E-state index >= 15 is 0 Å². The van der Waals surface area contributed by atoms with Crippen molar-refractivity contribution in [2.75, 3.05) is 24.2 Å². The molecule has 0 aromatic carbocycles. The molecule has 1 aliphatic rings. The van der Waals surface area contributed by atoms with Crippen molar-refractivity contribution in [2.45, 2.75) is 64.4 Å². The van der Waals surface area contributed by atoms with Crippen molar-refractivity contribution in [3.63, 3.8) is 0 Å². The Bertz CT molecular complexity index is 201. The molecule has 0 heterocycles. The fraction of sp³-hybridized carbons (Fsp3) is 1.00. The van der Waals surface area contributed by atoms with Gasteiger partial charge in [0, 0.05) is 11.0 Å². The number of hydrogen-bond donors (Lipinski definition) is 0. The zero-order valence-corrected chi connectivity index (χ0v) is 14.2. The van der Waals surface area contributed by atoms with Crippen LogP contribution in [0, 0.1) is 5.92 Å². The Hall–Kier alpha value is 0.650. The van der Waals surface area contributed by atoms with Gasteiger partial charge in [0.15, 0.2) is 0 Å². The lowest BCUT2D eigenvalue weighted by Crippen LogP contribution is -2.39. The fourth-order valence-corrected chi connectivity index (χ4v) is 3.76. The van der Waals surface area contributed by atoms with Crippen LogP contribution in [0.2, 0.25) is 0 Å². The molecule has 1 aliphatic carbocycles. The Morgan fingerprint density at radius 2 is 1.78 bits per heavy atom. The lowest BCUT2D eigenvalue weighted by Gasteiger charge is -2.39. The Morgan fingerprint density at radius 1 is 1.06 bits per heavy atom. The molecule has 0 aromatic rings. The first-order chi connectivity index (χ1) is 8.76. The van der Waals surface area contributed by atoms with Crippen LogP contribution in [0.15, 0.2) is 0 Å². The van der Waals surface area contributed by atoms with Gasteiger partial charge >= 0.3 is 0 Å². The van der Waals surface area contributed by atoms with Crippen LogP contribution in [0.5, 0.6) is 0 Å². The zero-order valence-electron chi connectivity index (χ0n) is 12.0. The maximum atomic E-state index is 6.16. The first-order valence-electron chi connectivity index (χ1n) is 7.54. The molecule has 108 valence electrons. The second-order valence-electron chi connectivity index (χ2n) is 5.51. The van der Waals surface area contributed by atoms with Gasteiger partial charge in [-0.05, 0) is 38.0 Å². The molecule has 0 amide bonds. The molecule has 3 heteroatoms. The number of ether oxygens (including phenoxy) is 2. The van der Waals surface area contributed by atoms with Crippen molar-refractivity contribution >= 4 is 22.6 Å². The molecular formula is C15H29IO2. The lowest BCUT2D eigenvalue weighted by atomic mass is 9.78. The number of rotatable bonds is 9. The van der Waals surface area contributed by atoms with E-state index < -0.39 is 0 Å². The number of halogens is 1. The Balaban J connectivity index is 2.23. The highest BCUT2D eigenvalue weighted by atomic mass is 127. The van der Waals surface area contributed by atoms with E-state index in [1.165, 1.54) is 38.5 Å². The molecular weight excluding hydrogens is 339 g/mol. The average Bonchev–Trinajstić information content (AvgIpc) is 2.41. The number of hydrogen-bond acceptors (Lipinski definition) is 2. The fourth-order valence-electron chi connectivity index (χ4n) is 2.78. The van der Waals surface area contributed by atoms with Crippen molar-refractivity contribution in [3.8, 4) is 0 Å². The molecule has 1 fully saturated rings. The smallest absolute Gasteiger partial charge is 0.0772 e. The van der Waals surface area contributed by atoms with Gasteiger partial charge in [-0.25, -0.2) is 0 Å². The van der Waals surface area contributed by atoms with E-state index in [0.29, 0.717) is 0 Å². The summed E-state index contributed by atoms with van der Waals surface area (Å²) in [5.41, 5.74) is 0.153. The van der Waals surface area contributed by atoms with Crippen LogP contribution in [0.3, 0.4) is 0 Å². The average molecular weight is 368 g/mol. The Morgan fingerprint density at radius 3 is 2.33 bits per heavy atom. The van der Waals surface area contributed by atoms with E-state index in [1.54, 1.807) is 0 Å². The van der Waals surface area contributed by atoms with E-state index in [2.05, 4.69) is 36.4 Å². The van der Waals surface area contributed by atoms with E-state index in [-0.39, 0.29) is 5.60 Å². The SMILES string of the molecule is CCCOCCOC1(CI)CCC(CCC)CC1. The molecule has 0 bridgehead atoms. The molecule has 1 rings (SSSR count). The van der Waals surface area contributed by atoms with Crippen LogP contribution in [0.1, 0.15) is 58.8 Å². The predicted octanol–water partition coefficient (Wildman–Crippen LogP) is 4.59. The molecule has 1 saturated carbocycles. The monoisotopic (exact) mass is 368 g/mol. The predicted molar refractivity (Wildman–Crippen MR) is 85.5 cm³/mol. The normalized spacial score (nSPS) is 28.5. The summed E-state index contributed by atoms with van der Waals surface area (Å²) >= 11 is 2.49. The summed E-state index contributed by atoms with van der Waals surface area (Å²) in [6.07, 6.45) is 9.02. The maximum absolute atomic E-state index is 6.16. The summed E-state index contributed by atoms with van der Waals surface area (Å²) in [7, 11) is 0. The van der Waals surface area contributed by atoms with Gasteiger partial charge in [-0.3, -0.25) is 0 Å². The van der Waals surface area contributed by atoms with Crippen LogP contribution in [0.25, 0.3) is 0 Å². The highest BCUT2D eigenvalue weighted by molar-refractivity contribution is 14.1. The molecule has 18 heavy (non-hydrogen) atoms. The summed E-state index contributed by atoms with van der Waals surface area (Å²) in [6, 6.07) is 0. The van der Waals surface area contributed by atoms with Gasteiger partial charge in [0.1, 0.15) is 0 Å². The Kier molecular flexibility index (Phi) is 8.85. The third-order valence-corrected chi connectivity index (χ3v) is 5.33. The number of alkyl halides is 1. The second kappa shape index (κ2) is 9.54. The first-order valence-corrected chi connectivity index (χ1v) is 9.06. The van der Waals surface area contributed by atoms with E-state index in [0.717, 1.165) is 36.6 Å². The van der Waals surface area contributed by atoms with Gasteiger partial charge in [-0.15, -0.1) is 0 Å². The zero-order chi connectivity index (χ0) is 13.3. The van der Waals surface area contributed by atoms with Crippen LogP contribution < -0.4 is 0 Å². The summed E-state index contributed by atoms with van der Waals surface area (Å²) in [5, 5.41) is 0. The highest BCUT2D eigenvalue weighted by Gasteiger charge is 2.34. The lowest BCUT2D eigenvalue weighted by molar-refractivity contribution is -0.0780. The van der Waals surface area contributed by atoms with Gasteiger partial charge in [0.2, 0.25) is 0 Å². The van der Waals surface area contributed by atoms with E-state index in [1.807, 2.05) is 0 Å². The topological polar surface area (TPSA) is 18.5 Å². The molecule has 0 unspecified atom stereocenters. The third-order valence-electron chi connectivity index (χ3n) is 3.94. The first kappa shape index (κ1) is 16.7. The standard InChI is InChI=1S/C15H29IO2/c1-3-5-14-6-8-15(13-16,9-7-14)18-12-11-17-10-4-2/h14H,3-13H2,1-2H3. The Labute approximate surface area is 126 Å². The molecule has 0 spiro atoms. The van der Waals surface area contributed by atoms with Crippen molar-refractivity contribution in [1.82, 2.24) is 0 Å². The minimum absolute atomic E-state index is 0.153. The van der Waals surface area contributed by atoms with Crippen molar-refractivity contribution in [3.05, 3.63) is 0 Å². The van der Waals surface area contributed by atoms with Crippen LogP contribution in [-0.2, 0) is 9.47 Å². The molecule has 0 N–H and O–H groups in total. The van der Waals surface area contributed by atoms with Gasteiger partial charge < -0.3 is 9.47 Å². The minimum atomic E-state index is 0.153. The second-order valence-corrected chi connectivity index (χ2v) is 6.27. The van der Waals surface area contributed by atoms with Crippen LogP contribution >= 0.6 is 22.6 Å². The minimum Gasteiger partial charge on any atom is -0.379 e. The van der Waals surface area contributed by atoms with Crippen molar-refractivity contribution in [1.29, 1.82) is 0 Å². The van der Waals surface area contributed by atoms with Crippen LogP contribution in [0.4, 0.5) is 0 Å². The molecule has 2 nitrogen and oxygen atoms in total. The van der Waals surface area contributed by atoms with Crippen molar-refractivity contribution in [2.24, 2.45) is 5.92 Å². The van der Waals surface area contributed by atoms with Gasteiger partial charge in [0.05, 0.1) is 18.8 Å². The molecule has 0 saturated heterocycles. The van der Waals surface area contributed by atoms with Gasteiger partial charge in [-0.1, -0.05) is 49.3 Å². The summed E-state index contributed by atoms with van der Waals surface area (Å²) in [6.45, 7) is 6.81.